The molecule has 0 radical (unpaired) electrons. The number of nitrogens with one attached hydrogen (secondary N) is 2. The number of amides is 3. The second-order valence-corrected chi connectivity index (χ2v) is 5.61. The van der Waals surface area contributed by atoms with E-state index in [-0.39, 0.29) is 12.5 Å². The molecule has 1 saturated heterocycles. The molecule has 4 N–H and O–H groups in total. The van der Waals surface area contributed by atoms with E-state index in [9.17, 15) is 9.59 Å². The van der Waals surface area contributed by atoms with Crippen molar-refractivity contribution in [1.82, 2.24) is 15.5 Å². The number of hydrogen-bond donors (Lipinski definition) is 3. The van der Waals surface area contributed by atoms with Crippen LogP contribution in [0.5, 0.6) is 0 Å². The Morgan fingerprint density at radius 2 is 2.16 bits per heavy atom. The average molecular weight is 270 g/mol. The summed E-state index contributed by atoms with van der Waals surface area (Å²) in [5.41, 5.74) is 5.60. The van der Waals surface area contributed by atoms with Crippen LogP contribution in [0.3, 0.4) is 0 Å². The van der Waals surface area contributed by atoms with Gasteiger partial charge in [-0.15, -0.1) is 0 Å². The van der Waals surface area contributed by atoms with Gasteiger partial charge in [0.1, 0.15) is 0 Å². The molecule has 3 amide bonds. The summed E-state index contributed by atoms with van der Waals surface area (Å²) < 4.78 is 0. The van der Waals surface area contributed by atoms with E-state index >= 15 is 0 Å². The monoisotopic (exact) mass is 270 g/mol. The normalized spacial score (nSPS) is 19.7. The maximum absolute atomic E-state index is 11.7. The third-order valence-corrected chi connectivity index (χ3v) is 3.33. The number of imide groups is 1. The predicted octanol–water partition coefficient (Wildman–Crippen LogP) is 0.139. The first-order valence-electron chi connectivity index (χ1n) is 7.01. The number of carbonyl (C=O) groups is 2. The van der Waals surface area contributed by atoms with Gasteiger partial charge in [-0.25, -0.2) is 4.79 Å². The molecule has 6 nitrogen and oxygen atoms in total. The first kappa shape index (κ1) is 15.9. The summed E-state index contributed by atoms with van der Waals surface area (Å²) in [6.45, 7) is 7.43. The van der Waals surface area contributed by atoms with Gasteiger partial charge in [-0.2, -0.15) is 0 Å². The first-order valence-corrected chi connectivity index (χ1v) is 7.01. The molecule has 0 aromatic heterocycles. The van der Waals surface area contributed by atoms with Gasteiger partial charge in [-0.3, -0.25) is 15.0 Å². The predicted molar refractivity (Wildman–Crippen MR) is 74.6 cm³/mol. The standard InChI is InChI=1S/C13H26N4O2/c1-10(2)3-5-15-13(19)16-12(18)9-17-6-4-11(7-14)8-17/h10-11H,3-9,14H2,1-2H3,(H2,15,16,18,19). The molecule has 1 fully saturated rings. The quantitative estimate of drug-likeness (QED) is 0.640. The van der Waals surface area contributed by atoms with E-state index in [0.29, 0.717) is 24.9 Å². The molecule has 0 aromatic carbocycles. The molecule has 1 atom stereocenters. The number of rotatable bonds is 6. The van der Waals surface area contributed by atoms with Gasteiger partial charge in [0.25, 0.3) is 0 Å². The van der Waals surface area contributed by atoms with Gasteiger partial charge in [0, 0.05) is 13.1 Å². The van der Waals surface area contributed by atoms with Crippen LogP contribution in [0.25, 0.3) is 0 Å². The van der Waals surface area contributed by atoms with Crippen LogP contribution in [-0.2, 0) is 4.79 Å². The lowest BCUT2D eigenvalue weighted by molar-refractivity contribution is -0.120. The maximum Gasteiger partial charge on any atom is 0.321 e. The van der Waals surface area contributed by atoms with Crippen LogP contribution < -0.4 is 16.4 Å². The lowest BCUT2D eigenvalue weighted by atomic mass is 10.1. The van der Waals surface area contributed by atoms with Crippen molar-refractivity contribution >= 4 is 11.9 Å². The van der Waals surface area contributed by atoms with Crippen LogP contribution >= 0.6 is 0 Å². The Labute approximate surface area is 115 Å². The largest absolute Gasteiger partial charge is 0.338 e. The van der Waals surface area contributed by atoms with Crippen molar-refractivity contribution in [2.45, 2.75) is 26.7 Å². The van der Waals surface area contributed by atoms with Crippen molar-refractivity contribution in [3.8, 4) is 0 Å². The minimum absolute atomic E-state index is 0.250. The van der Waals surface area contributed by atoms with Gasteiger partial charge in [-0.05, 0) is 37.8 Å². The van der Waals surface area contributed by atoms with Gasteiger partial charge >= 0.3 is 6.03 Å². The van der Waals surface area contributed by atoms with Crippen molar-refractivity contribution in [1.29, 1.82) is 0 Å². The third kappa shape index (κ3) is 6.54. The molecule has 0 spiro atoms. The molecule has 1 rings (SSSR count). The first-order chi connectivity index (χ1) is 9.01. The smallest absolute Gasteiger partial charge is 0.321 e. The molecule has 0 saturated carbocycles. The number of likely N-dealkylation sites (tertiary alicyclic amines) is 1. The van der Waals surface area contributed by atoms with E-state index in [1.165, 1.54) is 0 Å². The summed E-state index contributed by atoms with van der Waals surface area (Å²) in [5, 5.41) is 5.03. The van der Waals surface area contributed by atoms with E-state index in [1.54, 1.807) is 0 Å². The fourth-order valence-corrected chi connectivity index (χ4v) is 2.14. The molecule has 110 valence electrons. The van der Waals surface area contributed by atoms with Crippen molar-refractivity contribution < 1.29 is 9.59 Å². The van der Waals surface area contributed by atoms with Crippen LogP contribution in [0, 0.1) is 11.8 Å². The SMILES string of the molecule is CC(C)CCNC(=O)NC(=O)CN1CCC(CN)C1. The molecular formula is C13H26N4O2. The number of hydrogen-bond acceptors (Lipinski definition) is 4. The van der Waals surface area contributed by atoms with E-state index in [4.69, 9.17) is 5.73 Å². The molecule has 1 heterocycles. The lowest BCUT2D eigenvalue weighted by Crippen LogP contribution is -2.44. The van der Waals surface area contributed by atoms with Gasteiger partial charge in [0.2, 0.25) is 5.91 Å². The van der Waals surface area contributed by atoms with E-state index in [1.807, 2.05) is 4.90 Å². The highest BCUT2D eigenvalue weighted by Gasteiger charge is 2.23. The number of carbonyl (C=O) groups excluding carboxylic acids is 2. The molecule has 19 heavy (non-hydrogen) atoms. The summed E-state index contributed by atoms with van der Waals surface area (Å²) in [5.74, 6) is 0.765. The third-order valence-electron chi connectivity index (χ3n) is 3.33. The lowest BCUT2D eigenvalue weighted by Gasteiger charge is -2.15. The molecule has 0 bridgehead atoms. The second kappa shape index (κ2) is 8.12. The summed E-state index contributed by atoms with van der Waals surface area (Å²) in [4.78, 5) is 25.1. The fraction of sp³-hybridized carbons (Fsp3) is 0.846. The van der Waals surface area contributed by atoms with E-state index < -0.39 is 6.03 Å². The van der Waals surface area contributed by atoms with E-state index in [0.717, 1.165) is 25.9 Å². The minimum Gasteiger partial charge on any atom is -0.338 e. The number of urea groups is 1. The zero-order chi connectivity index (χ0) is 14.3. The highest BCUT2D eigenvalue weighted by molar-refractivity contribution is 5.95. The van der Waals surface area contributed by atoms with Crippen molar-refractivity contribution in [3.05, 3.63) is 0 Å². The zero-order valence-corrected chi connectivity index (χ0v) is 11.9. The van der Waals surface area contributed by atoms with Crippen LogP contribution in [0.2, 0.25) is 0 Å². The molecule has 0 aliphatic carbocycles. The van der Waals surface area contributed by atoms with Crippen LogP contribution in [-0.4, -0.2) is 49.6 Å². The fourth-order valence-electron chi connectivity index (χ4n) is 2.14. The Balaban J connectivity index is 2.15. The molecule has 1 aliphatic rings. The van der Waals surface area contributed by atoms with Gasteiger partial charge in [0.15, 0.2) is 0 Å². The van der Waals surface area contributed by atoms with Crippen molar-refractivity contribution in [3.63, 3.8) is 0 Å². The van der Waals surface area contributed by atoms with Crippen molar-refractivity contribution in [2.24, 2.45) is 17.6 Å². The highest BCUT2D eigenvalue weighted by atomic mass is 16.2. The topological polar surface area (TPSA) is 87.5 Å². The van der Waals surface area contributed by atoms with E-state index in [2.05, 4.69) is 24.5 Å². The van der Waals surface area contributed by atoms with Gasteiger partial charge < -0.3 is 11.1 Å². The second-order valence-electron chi connectivity index (χ2n) is 5.61. The van der Waals surface area contributed by atoms with Gasteiger partial charge in [-0.1, -0.05) is 13.8 Å². The minimum atomic E-state index is -0.403. The molecular weight excluding hydrogens is 244 g/mol. The zero-order valence-electron chi connectivity index (χ0n) is 11.9. The van der Waals surface area contributed by atoms with Crippen LogP contribution in [0.1, 0.15) is 26.7 Å². The Bertz CT molecular complexity index is 307. The molecule has 1 unspecified atom stereocenters. The Hall–Kier alpha value is -1.14. The van der Waals surface area contributed by atoms with Gasteiger partial charge in [0.05, 0.1) is 6.54 Å². The number of nitrogens with zero attached hydrogens (tertiary/aromatic N) is 1. The Kier molecular flexibility index (Phi) is 6.80. The average Bonchev–Trinajstić information content (AvgIpc) is 2.75. The molecule has 1 aliphatic heterocycles. The summed E-state index contributed by atoms with van der Waals surface area (Å²) in [6, 6.07) is -0.403. The number of nitrogens with two attached hydrogens (primary N) is 1. The molecule has 6 heteroatoms. The highest BCUT2D eigenvalue weighted by Crippen LogP contribution is 2.13. The summed E-state index contributed by atoms with van der Waals surface area (Å²) in [7, 11) is 0. The van der Waals surface area contributed by atoms with Crippen molar-refractivity contribution in [2.75, 3.05) is 32.7 Å². The maximum atomic E-state index is 11.7. The molecule has 0 aromatic rings. The Morgan fingerprint density at radius 3 is 2.74 bits per heavy atom. The summed E-state index contributed by atoms with van der Waals surface area (Å²) >= 11 is 0. The van der Waals surface area contributed by atoms with Crippen LogP contribution in [0.4, 0.5) is 4.79 Å². The van der Waals surface area contributed by atoms with Crippen LogP contribution in [0.15, 0.2) is 0 Å². The summed E-state index contributed by atoms with van der Waals surface area (Å²) in [6.07, 6.45) is 1.94. The Morgan fingerprint density at radius 1 is 1.42 bits per heavy atom.